The smallest absolute Gasteiger partial charge is 0.257 e. The number of hydrogen-bond donors (Lipinski definition) is 2. The van der Waals surface area contributed by atoms with Crippen molar-refractivity contribution in [3.05, 3.63) is 72.8 Å². The van der Waals surface area contributed by atoms with Crippen LogP contribution in [0.1, 0.15) is 36.0 Å². The number of piperidine rings is 2. The molecule has 0 radical (unpaired) electrons. The van der Waals surface area contributed by atoms with Crippen molar-refractivity contribution >= 4 is 23.2 Å². The Balaban J connectivity index is 1.09. The first-order valence-corrected chi connectivity index (χ1v) is 12.6. The Hall–Kier alpha value is -3.52. The Bertz CT molecular complexity index is 1090. The molecule has 35 heavy (non-hydrogen) atoms. The fraction of sp³-hybridized carbons (Fsp3) is 0.407. The van der Waals surface area contributed by atoms with E-state index in [4.69, 9.17) is 0 Å². The van der Waals surface area contributed by atoms with Gasteiger partial charge >= 0.3 is 0 Å². The lowest BCUT2D eigenvalue weighted by Gasteiger charge is -2.36. The van der Waals surface area contributed by atoms with Crippen LogP contribution in [0.5, 0.6) is 0 Å². The van der Waals surface area contributed by atoms with Gasteiger partial charge in [0, 0.05) is 68.4 Å². The van der Waals surface area contributed by atoms with E-state index < -0.39 is 0 Å². The molecule has 1 aromatic carbocycles. The van der Waals surface area contributed by atoms with Crippen LogP contribution >= 0.6 is 0 Å². The zero-order chi connectivity index (χ0) is 23.9. The van der Waals surface area contributed by atoms with Crippen molar-refractivity contribution in [2.75, 3.05) is 47.8 Å². The van der Waals surface area contributed by atoms with Crippen LogP contribution in [-0.2, 0) is 0 Å². The maximum atomic E-state index is 12.5. The Labute approximate surface area is 206 Å². The number of hydrogen-bond acceptors (Lipinski definition) is 7. The highest BCUT2D eigenvalue weighted by Gasteiger charge is 2.24. The summed E-state index contributed by atoms with van der Waals surface area (Å²) in [5.74, 6) is 1.34. The number of pyridine rings is 1. The molecule has 1 amide bonds. The van der Waals surface area contributed by atoms with Crippen LogP contribution in [0.2, 0.25) is 0 Å². The van der Waals surface area contributed by atoms with Gasteiger partial charge in [-0.3, -0.25) is 9.78 Å². The van der Waals surface area contributed by atoms with E-state index in [9.17, 15) is 4.79 Å². The van der Waals surface area contributed by atoms with E-state index in [0.29, 0.717) is 17.5 Å². The summed E-state index contributed by atoms with van der Waals surface area (Å²) in [6.07, 6.45) is 11.6. The first kappa shape index (κ1) is 23.2. The maximum absolute atomic E-state index is 12.5. The van der Waals surface area contributed by atoms with Crippen LogP contribution in [0, 0.1) is 5.92 Å². The van der Waals surface area contributed by atoms with Crippen LogP contribution in [-0.4, -0.2) is 59.6 Å². The highest BCUT2D eigenvalue weighted by molar-refractivity contribution is 6.04. The third-order valence-corrected chi connectivity index (χ3v) is 6.94. The molecule has 0 unspecified atom stereocenters. The fourth-order valence-electron chi connectivity index (χ4n) is 5.02. The molecule has 0 saturated carbocycles. The first-order valence-electron chi connectivity index (χ1n) is 12.6. The molecule has 5 rings (SSSR count). The largest absolute Gasteiger partial charge is 0.371 e. The molecule has 4 heterocycles. The van der Waals surface area contributed by atoms with Gasteiger partial charge in [-0.15, -0.1) is 0 Å². The van der Waals surface area contributed by atoms with Gasteiger partial charge in [0.1, 0.15) is 0 Å². The van der Waals surface area contributed by atoms with Crippen molar-refractivity contribution in [3.63, 3.8) is 0 Å². The molecular weight excluding hydrogens is 438 g/mol. The number of carbonyl (C=O) groups is 1. The van der Waals surface area contributed by atoms with Gasteiger partial charge in [-0.1, -0.05) is 6.07 Å². The number of amides is 1. The fourth-order valence-corrected chi connectivity index (χ4v) is 5.02. The molecule has 2 aliphatic heterocycles. The van der Waals surface area contributed by atoms with E-state index in [2.05, 4.69) is 47.5 Å². The standard InChI is InChI=1S/C27H33N7O/c35-26(22-6-2-11-28-19-22)32-24-7-1-8-25(17-24)33-15-9-23(10-16-33)31-18-21-5-3-14-34(20-21)27-29-12-4-13-30-27/h1-2,4,6-8,11-13,17,19,21,23,31H,3,5,9-10,14-16,18,20H2,(H,32,35)/t21-/m0/s1. The second kappa shape index (κ2) is 11.3. The molecule has 0 spiro atoms. The van der Waals surface area contributed by atoms with Crippen molar-refractivity contribution < 1.29 is 4.79 Å². The molecule has 2 fully saturated rings. The number of rotatable bonds is 7. The third-order valence-electron chi connectivity index (χ3n) is 6.94. The highest BCUT2D eigenvalue weighted by Crippen LogP contribution is 2.24. The summed E-state index contributed by atoms with van der Waals surface area (Å²) < 4.78 is 0. The van der Waals surface area contributed by atoms with Gasteiger partial charge in [0.05, 0.1) is 5.56 Å². The number of aromatic nitrogens is 3. The van der Waals surface area contributed by atoms with Gasteiger partial charge in [0.2, 0.25) is 5.95 Å². The predicted octanol–water partition coefficient (Wildman–Crippen LogP) is 3.60. The first-order chi connectivity index (χ1) is 17.2. The van der Waals surface area contributed by atoms with E-state index in [0.717, 1.165) is 62.9 Å². The zero-order valence-electron chi connectivity index (χ0n) is 20.0. The Morgan fingerprint density at radius 3 is 2.60 bits per heavy atom. The number of carbonyl (C=O) groups excluding carboxylic acids is 1. The Morgan fingerprint density at radius 1 is 0.943 bits per heavy atom. The molecule has 2 N–H and O–H groups in total. The lowest BCUT2D eigenvalue weighted by atomic mass is 9.96. The second-order valence-corrected chi connectivity index (χ2v) is 9.42. The highest BCUT2D eigenvalue weighted by atomic mass is 16.1. The van der Waals surface area contributed by atoms with Gasteiger partial charge in [-0.25, -0.2) is 9.97 Å². The molecule has 0 aliphatic carbocycles. The van der Waals surface area contributed by atoms with Crippen molar-refractivity contribution in [2.24, 2.45) is 5.92 Å². The lowest BCUT2D eigenvalue weighted by Crippen LogP contribution is -2.46. The second-order valence-electron chi connectivity index (χ2n) is 9.42. The van der Waals surface area contributed by atoms with Crippen molar-refractivity contribution in [3.8, 4) is 0 Å². The van der Waals surface area contributed by atoms with Crippen LogP contribution < -0.4 is 20.4 Å². The number of benzene rings is 1. The topological polar surface area (TPSA) is 86.3 Å². The summed E-state index contributed by atoms with van der Waals surface area (Å²) >= 11 is 0. The molecule has 8 heteroatoms. The Kier molecular flexibility index (Phi) is 7.48. The number of anilines is 3. The Morgan fingerprint density at radius 2 is 1.80 bits per heavy atom. The van der Waals surface area contributed by atoms with Crippen LogP contribution in [0.15, 0.2) is 67.3 Å². The minimum absolute atomic E-state index is 0.140. The van der Waals surface area contributed by atoms with Gasteiger partial charge in [-0.05, 0) is 74.5 Å². The van der Waals surface area contributed by atoms with Crippen LogP contribution in [0.3, 0.4) is 0 Å². The zero-order valence-corrected chi connectivity index (χ0v) is 20.0. The molecule has 3 aromatic rings. The monoisotopic (exact) mass is 471 g/mol. The van der Waals surface area contributed by atoms with E-state index in [-0.39, 0.29) is 5.91 Å². The summed E-state index contributed by atoms with van der Waals surface area (Å²) in [6, 6.07) is 14.1. The summed E-state index contributed by atoms with van der Waals surface area (Å²) in [5, 5.41) is 6.82. The van der Waals surface area contributed by atoms with Crippen molar-refractivity contribution in [1.29, 1.82) is 0 Å². The van der Waals surface area contributed by atoms with Crippen LogP contribution in [0.25, 0.3) is 0 Å². The average molecular weight is 472 g/mol. The van der Waals surface area contributed by atoms with E-state index in [1.54, 1.807) is 24.5 Å². The summed E-state index contributed by atoms with van der Waals surface area (Å²) in [6.45, 7) is 5.12. The molecule has 2 saturated heterocycles. The molecule has 1 atom stereocenters. The quantitative estimate of drug-likeness (QED) is 0.545. The number of nitrogens with one attached hydrogen (secondary N) is 2. The van der Waals surface area contributed by atoms with Gasteiger partial charge in [-0.2, -0.15) is 0 Å². The SMILES string of the molecule is O=C(Nc1cccc(N2CCC(NC[C@@H]3CCCN(c4ncccn4)C3)CC2)c1)c1cccnc1. The number of nitrogens with zero attached hydrogens (tertiary/aromatic N) is 5. The summed E-state index contributed by atoms with van der Waals surface area (Å²) in [4.78, 5) is 30.1. The average Bonchev–Trinajstić information content (AvgIpc) is 2.93. The van der Waals surface area contributed by atoms with E-state index in [1.165, 1.54) is 12.8 Å². The van der Waals surface area contributed by atoms with E-state index >= 15 is 0 Å². The molecule has 2 aromatic heterocycles. The normalized spacial score (nSPS) is 18.9. The minimum atomic E-state index is -0.140. The molecular formula is C27H33N7O. The summed E-state index contributed by atoms with van der Waals surface area (Å²) in [5.41, 5.74) is 2.52. The predicted molar refractivity (Wildman–Crippen MR) is 139 cm³/mol. The van der Waals surface area contributed by atoms with E-state index in [1.807, 2.05) is 30.6 Å². The maximum Gasteiger partial charge on any atom is 0.257 e. The van der Waals surface area contributed by atoms with Gasteiger partial charge < -0.3 is 20.4 Å². The van der Waals surface area contributed by atoms with Crippen LogP contribution in [0.4, 0.5) is 17.3 Å². The minimum Gasteiger partial charge on any atom is -0.371 e. The molecule has 8 nitrogen and oxygen atoms in total. The summed E-state index contributed by atoms with van der Waals surface area (Å²) in [7, 11) is 0. The van der Waals surface area contributed by atoms with Crippen molar-refractivity contribution in [1.82, 2.24) is 20.3 Å². The lowest BCUT2D eigenvalue weighted by molar-refractivity contribution is 0.102. The third kappa shape index (κ3) is 6.14. The van der Waals surface area contributed by atoms with Gasteiger partial charge in [0.15, 0.2) is 0 Å². The molecule has 182 valence electrons. The molecule has 0 bridgehead atoms. The van der Waals surface area contributed by atoms with Crippen molar-refractivity contribution in [2.45, 2.75) is 31.7 Å². The van der Waals surface area contributed by atoms with Gasteiger partial charge in [0.25, 0.3) is 5.91 Å². The molecule has 2 aliphatic rings.